The van der Waals surface area contributed by atoms with Gasteiger partial charge in [-0.25, -0.2) is 8.78 Å². The van der Waals surface area contributed by atoms with Gasteiger partial charge in [-0.15, -0.1) is 0 Å². The van der Waals surface area contributed by atoms with E-state index in [1.807, 2.05) is 0 Å². The molecule has 0 amide bonds. The molecule has 3 nitrogen and oxygen atoms in total. The summed E-state index contributed by atoms with van der Waals surface area (Å²) in [6.45, 7) is 0.433. The Hall–Kier alpha value is -2.45. The first-order chi connectivity index (χ1) is 10.2. The SMILES string of the molecule is N#Cc1cc(COc2c(F)cccc2CCN)ccc1F. The number of ether oxygens (including phenoxy) is 1. The minimum absolute atomic E-state index is 0.0491. The molecule has 2 aromatic carbocycles. The van der Waals surface area contributed by atoms with Crippen LogP contribution >= 0.6 is 0 Å². The van der Waals surface area contributed by atoms with Gasteiger partial charge in [0.25, 0.3) is 0 Å². The maximum Gasteiger partial charge on any atom is 0.165 e. The number of nitriles is 1. The lowest BCUT2D eigenvalue weighted by molar-refractivity contribution is 0.287. The molecule has 0 atom stereocenters. The number of rotatable bonds is 5. The van der Waals surface area contributed by atoms with E-state index in [-0.39, 0.29) is 17.9 Å². The zero-order chi connectivity index (χ0) is 15.2. The lowest BCUT2D eigenvalue weighted by Gasteiger charge is -2.12. The van der Waals surface area contributed by atoms with Gasteiger partial charge in [0, 0.05) is 0 Å². The summed E-state index contributed by atoms with van der Waals surface area (Å²) in [7, 11) is 0. The molecule has 2 N–H and O–H groups in total. The Balaban J connectivity index is 2.19. The van der Waals surface area contributed by atoms with Crippen molar-refractivity contribution in [2.24, 2.45) is 5.73 Å². The average Bonchev–Trinajstić information content (AvgIpc) is 2.48. The number of para-hydroxylation sites is 1. The van der Waals surface area contributed by atoms with Crippen LogP contribution in [-0.2, 0) is 13.0 Å². The highest BCUT2D eigenvalue weighted by Gasteiger charge is 2.10. The monoisotopic (exact) mass is 288 g/mol. The highest BCUT2D eigenvalue weighted by molar-refractivity contribution is 5.37. The molecule has 0 aliphatic rings. The van der Waals surface area contributed by atoms with E-state index in [1.54, 1.807) is 18.2 Å². The molecule has 5 heteroatoms. The zero-order valence-electron chi connectivity index (χ0n) is 11.3. The maximum absolute atomic E-state index is 13.8. The number of nitrogens with zero attached hydrogens (tertiary/aromatic N) is 1. The van der Waals surface area contributed by atoms with E-state index < -0.39 is 11.6 Å². The Labute approximate surface area is 121 Å². The first-order valence-corrected chi connectivity index (χ1v) is 6.44. The summed E-state index contributed by atoms with van der Waals surface area (Å²) < 4.78 is 32.5. The van der Waals surface area contributed by atoms with Crippen LogP contribution in [0.5, 0.6) is 5.75 Å². The van der Waals surface area contributed by atoms with Crippen LogP contribution in [0.4, 0.5) is 8.78 Å². The molecule has 0 fully saturated rings. The first kappa shape index (κ1) is 14.9. The van der Waals surface area contributed by atoms with Crippen LogP contribution in [0.25, 0.3) is 0 Å². The van der Waals surface area contributed by atoms with Crippen molar-refractivity contribution in [1.29, 1.82) is 5.26 Å². The number of nitrogens with two attached hydrogens (primary N) is 1. The van der Waals surface area contributed by atoms with Crippen LogP contribution in [0.3, 0.4) is 0 Å². The van der Waals surface area contributed by atoms with E-state index in [4.69, 9.17) is 15.7 Å². The molecule has 0 unspecified atom stereocenters. The van der Waals surface area contributed by atoms with Gasteiger partial charge in [0.05, 0.1) is 5.56 Å². The summed E-state index contributed by atoms with van der Waals surface area (Å²) >= 11 is 0. The summed E-state index contributed by atoms with van der Waals surface area (Å²) in [4.78, 5) is 0. The first-order valence-electron chi connectivity index (χ1n) is 6.44. The molecule has 0 spiro atoms. The van der Waals surface area contributed by atoms with E-state index >= 15 is 0 Å². The predicted molar refractivity (Wildman–Crippen MR) is 74.6 cm³/mol. The fraction of sp³-hybridized carbons (Fsp3) is 0.188. The number of benzene rings is 2. The van der Waals surface area contributed by atoms with Crippen LogP contribution < -0.4 is 10.5 Å². The van der Waals surface area contributed by atoms with Gasteiger partial charge < -0.3 is 10.5 Å². The summed E-state index contributed by atoms with van der Waals surface area (Å²) in [6.07, 6.45) is 0.500. The lowest BCUT2D eigenvalue weighted by atomic mass is 10.1. The molecule has 21 heavy (non-hydrogen) atoms. The van der Waals surface area contributed by atoms with Crippen LogP contribution in [0, 0.1) is 23.0 Å². The highest BCUT2D eigenvalue weighted by atomic mass is 19.1. The van der Waals surface area contributed by atoms with E-state index in [1.165, 1.54) is 24.3 Å². The molecule has 0 heterocycles. The fourth-order valence-electron chi connectivity index (χ4n) is 1.97. The van der Waals surface area contributed by atoms with Gasteiger partial charge >= 0.3 is 0 Å². The van der Waals surface area contributed by atoms with Crippen LogP contribution in [0.1, 0.15) is 16.7 Å². The second kappa shape index (κ2) is 6.82. The summed E-state index contributed by atoms with van der Waals surface area (Å²) in [5.41, 5.74) is 6.70. The van der Waals surface area contributed by atoms with Crippen molar-refractivity contribution < 1.29 is 13.5 Å². The van der Waals surface area contributed by atoms with E-state index in [9.17, 15) is 8.78 Å². The molecule has 0 radical (unpaired) electrons. The molecular formula is C16H14F2N2O. The minimum atomic E-state index is -0.587. The third-order valence-corrected chi connectivity index (χ3v) is 3.00. The standard InChI is InChI=1S/C16H14F2N2O/c17-14-5-4-11(8-13(14)9-20)10-21-16-12(6-7-19)2-1-3-15(16)18/h1-5,8H,6-7,10,19H2. The molecule has 0 aliphatic carbocycles. The van der Waals surface area contributed by atoms with Crippen LogP contribution in [-0.4, -0.2) is 6.54 Å². The van der Waals surface area contributed by atoms with Gasteiger partial charge in [-0.2, -0.15) is 5.26 Å². The Bertz CT molecular complexity index is 680. The molecule has 0 bridgehead atoms. The quantitative estimate of drug-likeness (QED) is 0.920. The Kier molecular flexibility index (Phi) is 4.85. The van der Waals surface area contributed by atoms with E-state index in [2.05, 4.69) is 0 Å². The van der Waals surface area contributed by atoms with E-state index in [0.717, 1.165) is 0 Å². The topological polar surface area (TPSA) is 59.0 Å². The third-order valence-electron chi connectivity index (χ3n) is 3.00. The van der Waals surface area contributed by atoms with Crippen molar-refractivity contribution >= 4 is 0 Å². The Morgan fingerprint density at radius 2 is 1.95 bits per heavy atom. The number of halogens is 2. The van der Waals surface area contributed by atoms with Crippen molar-refractivity contribution in [3.8, 4) is 11.8 Å². The largest absolute Gasteiger partial charge is 0.486 e. The second-order valence-corrected chi connectivity index (χ2v) is 4.48. The molecule has 0 saturated carbocycles. The molecule has 2 rings (SSSR count). The third kappa shape index (κ3) is 3.56. The summed E-state index contributed by atoms with van der Waals surface area (Å²) in [6, 6.07) is 10.5. The van der Waals surface area contributed by atoms with Crippen molar-refractivity contribution in [1.82, 2.24) is 0 Å². The van der Waals surface area contributed by atoms with Gasteiger partial charge in [0.2, 0.25) is 0 Å². The maximum atomic E-state index is 13.8. The van der Waals surface area contributed by atoms with Crippen molar-refractivity contribution in [3.63, 3.8) is 0 Å². The fourth-order valence-corrected chi connectivity index (χ4v) is 1.97. The zero-order valence-corrected chi connectivity index (χ0v) is 11.3. The summed E-state index contributed by atoms with van der Waals surface area (Å²) in [5.74, 6) is -0.912. The van der Waals surface area contributed by atoms with Crippen LogP contribution in [0.15, 0.2) is 36.4 Å². The number of hydrogen-bond acceptors (Lipinski definition) is 3. The van der Waals surface area contributed by atoms with Crippen molar-refractivity contribution in [3.05, 3.63) is 64.7 Å². The van der Waals surface area contributed by atoms with Crippen molar-refractivity contribution in [2.75, 3.05) is 6.54 Å². The molecule has 0 aliphatic heterocycles. The Morgan fingerprint density at radius 3 is 2.67 bits per heavy atom. The Morgan fingerprint density at radius 1 is 1.14 bits per heavy atom. The molecule has 108 valence electrons. The van der Waals surface area contributed by atoms with Gasteiger partial charge in [0.15, 0.2) is 11.6 Å². The van der Waals surface area contributed by atoms with Gasteiger partial charge in [-0.3, -0.25) is 0 Å². The normalized spacial score (nSPS) is 10.2. The predicted octanol–water partition coefficient (Wildman–Crippen LogP) is 2.92. The van der Waals surface area contributed by atoms with Gasteiger partial charge in [-0.1, -0.05) is 18.2 Å². The molecule has 2 aromatic rings. The van der Waals surface area contributed by atoms with Crippen molar-refractivity contribution in [2.45, 2.75) is 13.0 Å². The lowest BCUT2D eigenvalue weighted by Crippen LogP contribution is -2.07. The highest BCUT2D eigenvalue weighted by Crippen LogP contribution is 2.24. The molecular weight excluding hydrogens is 274 g/mol. The molecule has 0 aromatic heterocycles. The number of hydrogen-bond donors (Lipinski definition) is 1. The average molecular weight is 288 g/mol. The summed E-state index contributed by atoms with van der Waals surface area (Å²) in [5, 5.41) is 8.78. The molecule has 0 saturated heterocycles. The van der Waals surface area contributed by atoms with Gasteiger partial charge in [-0.05, 0) is 42.3 Å². The smallest absolute Gasteiger partial charge is 0.165 e. The van der Waals surface area contributed by atoms with Gasteiger partial charge in [0.1, 0.15) is 18.5 Å². The minimum Gasteiger partial charge on any atom is -0.486 e. The second-order valence-electron chi connectivity index (χ2n) is 4.48. The van der Waals surface area contributed by atoms with E-state index in [0.29, 0.717) is 24.1 Å². The van der Waals surface area contributed by atoms with Crippen LogP contribution in [0.2, 0.25) is 0 Å².